The second-order valence-electron chi connectivity index (χ2n) is 7.50. The van der Waals surface area contributed by atoms with E-state index in [1.807, 2.05) is 0 Å². The number of imide groups is 1. The van der Waals surface area contributed by atoms with Crippen molar-refractivity contribution in [1.29, 1.82) is 0 Å². The van der Waals surface area contributed by atoms with Crippen LogP contribution < -0.4 is 5.32 Å². The van der Waals surface area contributed by atoms with Gasteiger partial charge in [-0.3, -0.25) is 19.3 Å². The van der Waals surface area contributed by atoms with Crippen LogP contribution in [0, 0.1) is 0 Å². The van der Waals surface area contributed by atoms with Gasteiger partial charge in [-0.25, -0.2) is 9.78 Å². The molecule has 31 heavy (non-hydrogen) atoms. The highest BCUT2D eigenvalue weighted by molar-refractivity contribution is 6.32. The lowest BCUT2D eigenvalue weighted by atomic mass is 9.94. The minimum Gasteiger partial charge on any atom is -0.452 e. The van der Waals surface area contributed by atoms with Crippen LogP contribution in [0.5, 0.6) is 0 Å². The third-order valence-corrected chi connectivity index (χ3v) is 5.76. The fourth-order valence-electron chi connectivity index (χ4n) is 3.94. The largest absolute Gasteiger partial charge is 0.452 e. The van der Waals surface area contributed by atoms with Crippen molar-refractivity contribution in [1.82, 2.24) is 9.88 Å². The predicted octanol–water partition coefficient (Wildman–Crippen LogP) is 3.46. The minimum absolute atomic E-state index is 0.0950. The molecule has 0 bridgehead atoms. The van der Waals surface area contributed by atoms with Crippen molar-refractivity contribution in [3.8, 4) is 0 Å². The van der Waals surface area contributed by atoms with E-state index >= 15 is 0 Å². The minimum atomic E-state index is -0.772. The summed E-state index contributed by atoms with van der Waals surface area (Å²) in [4.78, 5) is 55.2. The number of hydrogen-bond acceptors (Lipinski definition) is 6. The standard InChI is InChI=1S/C22H20ClN3O5/c23-19-17(7-4-10-24-19)25-18(27)12-31-22(30)13-8-9-15-16(11-13)21(29)26(20(15)28)14-5-2-1-3-6-14/h4,7-11,14H,1-3,5-6,12H2,(H,25,27). The van der Waals surface area contributed by atoms with Crippen LogP contribution in [-0.4, -0.2) is 46.2 Å². The van der Waals surface area contributed by atoms with Gasteiger partial charge in [0, 0.05) is 12.2 Å². The molecule has 0 radical (unpaired) electrons. The van der Waals surface area contributed by atoms with Crippen LogP contribution in [0.25, 0.3) is 0 Å². The molecular formula is C22H20ClN3O5. The Labute approximate surface area is 183 Å². The molecule has 0 spiro atoms. The Kier molecular flexibility index (Phi) is 5.99. The molecule has 1 aromatic carbocycles. The lowest BCUT2D eigenvalue weighted by Gasteiger charge is -2.29. The van der Waals surface area contributed by atoms with Crippen molar-refractivity contribution < 1.29 is 23.9 Å². The lowest BCUT2D eigenvalue weighted by molar-refractivity contribution is -0.119. The van der Waals surface area contributed by atoms with E-state index in [0.29, 0.717) is 5.69 Å². The highest BCUT2D eigenvalue weighted by Crippen LogP contribution is 2.31. The van der Waals surface area contributed by atoms with Crippen molar-refractivity contribution in [2.24, 2.45) is 0 Å². The number of pyridine rings is 1. The van der Waals surface area contributed by atoms with Crippen molar-refractivity contribution in [3.05, 3.63) is 58.4 Å². The molecule has 1 aliphatic heterocycles. The molecule has 9 heteroatoms. The number of rotatable bonds is 5. The molecule has 1 aromatic heterocycles. The van der Waals surface area contributed by atoms with Gasteiger partial charge >= 0.3 is 5.97 Å². The second-order valence-corrected chi connectivity index (χ2v) is 7.86. The number of anilines is 1. The molecule has 1 saturated carbocycles. The summed E-state index contributed by atoms with van der Waals surface area (Å²) in [6, 6.07) is 7.32. The lowest BCUT2D eigenvalue weighted by Crippen LogP contribution is -2.40. The van der Waals surface area contributed by atoms with E-state index in [-0.39, 0.29) is 39.7 Å². The fourth-order valence-corrected chi connectivity index (χ4v) is 4.10. The fraction of sp³-hybridized carbons (Fsp3) is 0.318. The van der Waals surface area contributed by atoms with Gasteiger partial charge in [-0.2, -0.15) is 0 Å². The number of aromatic nitrogens is 1. The van der Waals surface area contributed by atoms with Gasteiger partial charge < -0.3 is 10.1 Å². The van der Waals surface area contributed by atoms with E-state index in [9.17, 15) is 19.2 Å². The number of nitrogens with zero attached hydrogens (tertiary/aromatic N) is 2. The van der Waals surface area contributed by atoms with E-state index < -0.39 is 18.5 Å². The number of nitrogens with one attached hydrogen (secondary N) is 1. The van der Waals surface area contributed by atoms with Crippen molar-refractivity contribution in [2.45, 2.75) is 38.1 Å². The normalized spacial score (nSPS) is 16.2. The second kappa shape index (κ2) is 8.85. The third kappa shape index (κ3) is 4.29. The number of halogens is 1. The molecule has 1 fully saturated rings. The quantitative estimate of drug-likeness (QED) is 0.432. The van der Waals surface area contributed by atoms with E-state index in [4.69, 9.17) is 16.3 Å². The highest BCUT2D eigenvalue weighted by Gasteiger charge is 2.40. The van der Waals surface area contributed by atoms with Crippen molar-refractivity contribution >= 4 is 41.0 Å². The summed E-state index contributed by atoms with van der Waals surface area (Å²) in [6.45, 7) is -0.539. The number of carbonyl (C=O) groups excluding carboxylic acids is 4. The highest BCUT2D eigenvalue weighted by atomic mass is 35.5. The average Bonchev–Trinajstić information content (AvgIpc) is 3.04. The molecule has 1 N–H and O–H groups in total. The van der Waals surface area contributed by atoms with Crippen LogP contribution in [-0.2, 0) is 9.53 Å². The number of carbonyl (C=O) groups is 4. The first-order valence-corrected chi connectivity index (χ1v) is 10.4. The van der Waals surface area contributed by atoms with Gasteiger partial charge in [0.15, 0.2) is 11.8 Å². The number of amides is 3. The third-order valence-electron chi connectivity index (χ3n) is 5.46. The molecule has 2 aliphatic rings. The zero-order valence-electron chi connectivity index (χ0n) is 16.6. The van der Waals surface area contributed by atoms with Crippen molar-refractivity contribution in [2.75, 3.05) is 11.9 Å². The first kappa shape index (κ1) is 21.0. The summed E-state index contributed by atoms with van der Waals surface area (Å²) in [7, 11) is 0. The molecule has 8 nitrogen and oxygen atoms in total. The van der Waals surface area contributed by atoms with Crippen LogP contribution in [0.1, 0.15) is 63.2 Å². The van der Waals surface area contributed by atoms with Gasteiger partial charge in [0.2, 0.25) is 0 Å². The maximum Gasteiger partial charge on any atom is 0.338 e. The average molecular weight is 442 g/mol. The zero-order valence-corrected chi connectivity index (χ0v) is 17.4. The van der Waals surface area contributed by atoms with Gasteiger partial charge in [-0.1, -0.05) is 30.9 Å². The van der Waals surface area contributed by atoms with Gasteiger partial charge in [0.25, 0.3) is 17.7 Å². The summed E-state index contributed by atoms with van der Waals surface area (Å²) < 4.78 is 5.04. The SMILES string of the molecule is O=C(COC(=O)c1ccc2c(c1)C(=O)N(C1CCCCC1)C2=O)Nc1cccnc1Cl. The zero-order chi connectivity index (χ0) is 22.0. The first-order chi connectivity index (χ1) is 15.0. The molecule has 3 amide bonds. The predicted molar refractivity (Wildman–Crippen MR) is 112 cm³/mol. The van der Waals surface area contributed by atoms with E-state index in [1.54, 1.807) is 12.1 Å². The summed E-state index contributed by atoms with van der Waals surface area (Å²) >= 11 is 5.88. The molecule has 160 valence electrons. The number of ether oxygens (including phenoxy) is 1. The Morgan fingerprint density at radius 1 is 1.10 bits per heavy atom. The number of benzene rings is 1. The Hall–Kier alpha value is -3.26. The molecular weight excluding hydrogens is 422 g/mol. The smallest absolute Gasteiger partial charge is 0.338 e. The van der Waals surface area contributed by atoms with E-state index in [1.165, 1.54) is 29.3 Å². The van der Waals surface area contributed by atoms with Crippen LogP contribution in [0.2, 0.25) is 5.15 Å². The molecule has 2 heterocycles. The Morgan fingerprint density at radius 3 is 2.58 bits per heavy atom. The number of hydrogen-bond donors (Lipinski definition) is 1. The molecule has 2 aromatic rings. The maximum absolute atomic E-state index is 12.9. The van der Waals surface area contributed by atoms with Gasteiger partial charge in [-0.15, -0.1) is 0 Å². The Balaban J connectivity index is 1.41. The molecule has 4 rings (SSSR count). The van der Waals surface area contributed by atoms with Crippen LogP contribution in [0.3, 0.4) is 0 Å². The van der Waals surface area contributed by atoms with E-state index in [2.05, 4.69) is 10.3 Å². The van der Waals surface area contributed by atoms with Crippen LogP contribution in [0.15, 0.2) is 36.5 Å². The van der Waals surface area contributed by atoms with Gasteiger partial charge in [-0.05, 0) is 43.2 Å². The molecule has 0 saturated heterocycles. The summed E-state index contributed by atoms with van der Waals surface area (Å²) in [5.41, 5.74) is 0.875. The monoisotopic (exact) mass is 441 g/mol. The number of esters is 1. The maximum atomic E-state index is 12.9. The first-order valence-electron chi connectivity index (χ1n) is 10.0. The van der Waals surface area contributed by atoms with Gasteiger partial charge in [0.05, 0.1) is 22.4 Å². The van der Waals surface area contributed by atoms with Crippen molar-refractivity contribution in [3.63, 3.8) is 0 Å². The van der Waals surface area contributed by atoms with Gasteiger partial charge in [0.1, 0.15) is 0 Å². The summed E-state index contributed by atoms with van der Waals surface area (Å²) in [6.07, 6.45) is 6.17. The Morgan fingerprint density at radius 2 is 1.84 bits per heavy atom. The van der Waals surface area contributed by atoms with Crippen LogP contribution in [0.4, 0.5) is 5.69 Å². The topological polar surface area (TPSA) is 106 Å². The molecule has 1 aliphatic carbocycles. The molecule has 0 atom stereocenters. The summed E-state index contributed by atoms with van der Waals surface area (Å²) in [5, 5.41) is 2.61. The summed E-state index contributed by atoms with van der Waals surface area (Å²) in [5.74, 6) is -2.06. The molecule has 0 unspecified atom stereocenters. The number of fused-ring (bicyclic) bond motifs is 1. The Bertz CT molecular complexity index is 1060. The van der Waals surface area contributed by atoms with E-state index in [0.717, 1.165) is 32.1 Å². The van der Waals surface area contributed by atoms with Crippen LogP contribution >= 0.6 is 11.6 Å².